The van der Waals surface area contributed by atoms with Crippen molar-refractivity contribution in [2.24, 2.45) is 7.05 Å². The number of nitrogens with one attached hydrogen (secondary N) is 1. The first-order valence-corrected chi connectivity index (χ1v) is 13.4. The molecule has 0 spiro atoms. The first-order chi connectivity index (χ1) is 18.8. The van der Waals surface area contributed by atoms with Crippen molar-refractivity contribution in [2.45, 2.75) is 33.6 Å². The lowest BCUT2D eigenvalue weighted by atomic mass is 9.98. The molecule has 0 atom stereocenters. The third-order valence-electron chi connectivity index (χ3n) is 7.13. The molecule has 0 aliphatic heterocycles. The lowest BCUT2D eigenvalue weighted by Crippen LogP contribution is -2.09. The Bertz CT molecular complexity index is 1690. The van der Waals surface area contributed by atoms with E-state index in [4.69, 9.17) is 25.8 Å². The number of carbonyl (C=O) groups is 1. The number of aromatic nitrogens is 3. The van der Waals surface area contributed by atoms with Crippen LogP contribution >= 0.6 is 11.6 Å². The third kappa shape index (κ3) is 4.94. The number of fused-ring (bicyclic) bond motifs is 2. The van der Waals surface area contributed by atoms with Crippen LogP contribution in [0.1, 0.15) is 40.8 Å². The zero-order valence-electron chi connectivity index (χ0n) is 22.9. The Morgan fingerprint density at radius 2 is 1.87 bits per heavy atom. The Morgan fingerprint density at radius 3 is 2.59 bits per heavy atom. The van der Waals surface area contributed by atoms with E-state index in [1.165, 1.54) is 0 Å². The van der Waals surface area contributed by atoms with E-state index in [-0.39, 0.29) is 12.6 Å². The van der Waals surface area contributed by atoms with Crippen LogP contribution in [0.3, 0.4) is 0 Å². The number of halogens is 1. The summed E-state index contributed by atoms with van der Waals surface area (Å²) in [6.07, 6.45) is 1.30. The third-order valence-corrected chi connectivity index (χ3v) is 7.45. The number of rotatable bonds is 9. The number of esters is 1. The second kappa shape index (κ2) is 11.0. The molecule has 5 aromatic rings. The molecule has 0 bridgehead atoms. The number of H-pyrrole nitrogens is 1. The molecule has 39 heavy (non-hydrogen) atoms. The molecule has 202 valence electrons. The number of ether oxygens (including phenoxy) is 3. The number of aryl methyl sites for hydroxylation is 3. The van der Waals surface area contributed by atoms with Crippen LogP contribution in [0.5, 0.6) is 11.5 Å². The van der Waals surface area contributed by atoms with Gasteiger partial charge in [-0.15, -0.1) is 0 Å². The van der Waals surface area contributed by atoms with Crippen LogP contribution in [0, 0.1) is 13.8 Å². The van der Waals surface area contributed by atoms with Gasteiger partial charge in [-0.25, -0.2) is 4.79 Å². The largest absolute Gasteiger partial charge is 0.497 e. The van der Waals surface area contributed by atoms with Gasteiger partial charge in [-0.05, 0) is 56.7 Å². The second-order valence-corrected chi connectivity index (χ2v) is 9.92. The Morgan fingerprint density at radius 1 is 1.08 bits per heavy atom. The number of nitrogens with zero attached hydrogens (tertiary/aromatic N) is 2. The van der Waals surface area contributed by atoms with Crippen LogP contribution in [-0.2, 0) is 18.2 Å². The highest BCUT2D eigenvalue weighted by molar-refractivity contribution is 6.35. The van der Waals surface area contributed by atoms with Gasteiger partial charge in [0.05, 0.1) is 36.6 Å². The summed E-state index contributed by atoms with van der Waals surface area (Å²) < 4.78 is 18.9. The minimum atomic E-state index is -0.384. The summed E-state index contributed by atoms with van der Waals surface area (Å²) in [5, 5.41) is 8.19. The van der Waals surface area contributed by atoms with Crippen LogP contribution < -0.4 is 9.47 Å². The Kier molecular flexibility index (Phi) is 7.53. The van der Waals surface area contributed by atoms with Gasteiger partial charge in [0.15, 0.2) is 0 Å². The molecule has 2 heterocycles. The molecule has 5 rings (SSSR count). The highest BCUT2D eigenvalue weighted by Crippen LogP contribution is 2.40. The van der Waals surface area contributed by atoms with E-state index in [0.29, 0.717) is 30.2 Å². The number of hydrogen-bond acceptors (Lipinski definition) is 5. The molecule has 0 saturated carbocycles. The lowest BCUT2D eigenvalue weighted by Gasteiger charge is -2.12. The minimum Gasteiger partial charge on any atom is -0.497 e. The fourth-order valence-corrected chi connectivity index (χ4v) is 5.48. The average molecular weight is 546 g/mol. The Balaban J connectivity index is 1.49. The van der Waals surface area contributed by atoms with Crippen molar-refractivity contribution in [3.05, 3.63) is 76.2 Å². The summed E-state index contributed by atoms with van der Waals surface area (Å²) >= 11 is 6.76. The summed E-state index contributed by atoms with van der Waals surface area (Å²) in [5.74, 6) is 1.13. The molecular weight excluding hydrogens is 514 g/mol. The number of carbonyl (C=O) groups excluding carboxylic acids is 1. The maximum Gasteiger partial charge on any atom is 0.355 e. The molecule has 0 saturated heterocycles. The SMILES string of the molecule is CCOC(=O)c1[nH]c2c(-c3c(C)nn(C)c3C)c(Cl)ccc2c1CCCOc1cc(OC)cc2ccccc12. The topological polar surface area (TPSA) is 78.4 Å². The van der Waals surface area contributed by atoms with Crippen LogP contribution in [0.2, 0.25) is 5.02 Å². The summed E-state index contributed by atoms with van der Waals surface area (Å²) in [7, 11) is 3.56. The normalized spacial score (nSPS) is 11.3. The van der Waals surface area contributed by atoms with Crippen molar-refractivity contribution in [1.29, 1.82) is 0 Å². The van der Waals surface area contributed by atoms with E-state index in [2.05, 4.69) is 10.1 Å². The van der Waals surface area contributed by atoms with Crippen molar-refractivity contribution in [2.75, 3.05) is 20.3 Å². The van der Waals surface area contributed by atoms with E-state index >= 15 is 0 Å². The van der Waals surface area contributed by atoms with Crippen molar-refractivity contribution in [1.82, 2.24) is 14.8 Å². The molecule has 0 fully saturated rings. The second-order valence-electron chi connectivity index (χ2n) is 9.51. The number of benzene rings is 3. The van der Waals surface area contributed by atoms with Crippen molar-refractivity contribution >= 4 is 39.2 Å². The van der Waals surface area contributed by atoms with E-state index in [0.717, 1.165) is 61.3 Å². The van der Waals surface area contributed by atoms with Gasteiger partial charge in [-0.2, -0.15) is 5.10 Å². The predicted molar refractivity (Wildman–Crippen MR) is 155 cm³/mol. The van der Waals surface area contributed by atoms with Gasteiger partial charge in [0.1, 0.15) is 17.2 Å². The van der Waals surface area contributed by atoms with Gasteiger partial charge in [-0.1, -0.05) is 41.9 Å². The fourth-order valence-electron chi connectivity index (χ4n) is 5.23. The minimum absolute atomic E-state index is 0.286. The molecule has 1 N–H and O–H groups in total. The van der Waals surface area contributed by atoms with Gasteiger partial charge in [-0.3, -0.25) is 4.68 Å². The number of aromatic amines is 1. The molecule has 8 heteroatoms. The summed E-state index contributed by atoms with van der Waals surface area (Å²) in [5.41, 5.74) is 5.81. The first kappa shape index (κ1) is 26.6. The maximum absolute atomic E-state index is 13.0. The van der Waals surface area contributed by atoms with E-state index in [9.17, 15) is 4.79 Å². The Hall–Kier alpha value is -3.97. The maximum atomic E-state index is 13.0. The van der Waals surface area contributed by atoms with E-state index < -0.39 is 0 Å². The van der Waals surface area contributed by atoms with Gasteiger partial charge in [0, 0.05) is 40.7 Å². The molecule has 3 aromatic carbocycles. The van der Waals surface area contributed by atoms with Crippen LogP contribution in [0.25, 0.3) is 32.8 Å². The monoisotopic (exact) mass is 545 g/mol. The zero-order chi connectivity index (χ0) is 27.7. The summed E-state index contributed by atoms with van der Waals surface area (Å²) in [6, 6.07) is 15.8. The van der Waals surface area contributed by atoms with E-state index in [1.54, 1.807) is 14.0 Å². The molecule has 7 nitrogen and oxygen atoms in total. The van der Waals surface area contributed by atoms with Crippen molar-refractivity contribution < 1.29 is 19.0 Å². The number of hydrogen-bond donors (Lipinski definition) is 1. The molecule has 0 unspecified atom stereocenters. The molecule has 0 aliphatic rings. The van der Waals surface area contributed by atoms with Crippen LogP contribution in [-0.4, -0.2) is 41.1 Å². The predicted octanol–water partition coefficient (Wildman–Crippen LogP) is 7.19. The Labute approximate surface area is 232 Å². The molecule has 2 aromatic heterocycles. The zero-order valence-corrected chi connectivity index (χ0v) is 23.6. The van der Waals surface area contributed by atoms with Crippen molar-refractivity contribution in [3.63, 3.8) is 0 Å². The van der Waals surface area contributed by atoms with Crippen LogP contribution in [0.15, 0.2) is 48.5 Å². The van der Waals surface area contributed by atoms with Gasteiger partial charge in [0.25, 0.3) is 0 Å². The van der Waals surface area contributed by atoms with Crippen LogP contribution in [0.4, 0.5) is 0 Å². The quantitative estimate of drug-likeness (QED) is 0.157. The van der Waals surface area contributed by atoms with Crippen molar-refractivity contribution in [3.8, 4) is 22.6 Å². The number of methoxy groups -OCH3 is 1. The standard InChI is InChI=1S/C31H32ClN3O4/c1-6-38-31(36)30-23(12-9-15-39-26-17-21(37-5)16-20-10-7-8-11-22(20)26)24-13-14-25(32)28(29(24)33-30)27-18(2)34-35(4)19(27)3/h7-8,10-11,13-14,16-17,33H,6,9,12,15H2,1-5H3. The summed E-state index contributed by atoms with van der Waals surface area (Å²) in [4.78, 5) is 16.4. The van der Waals surface area contributed by atoms with Gasteiger partial charge >= 0.3 is 5.97 Å². The summed E-state index contributed by atoms with van der Waals surface area (Å²) in [6.45, 7) is 6.53. The molecule has 0 radical (unpaired) electrons. The first-order valence-electron chi connectivity index (χ1n) is 13.0. The molecule has 0 amide bonds. The van der Waals surface area contributed by atoms with E-state index in [1.807, 2.05) is 74.1 Å². The fraction of sp³-hybridized carbons (Fsp3) is 0.290. The molecule has 0 aliphatic carbocycles. The molecular formula is C31H32ClN3O4. The van der Waals surface area contributed by atoms with Gasteiger partial charge < -0.3 is 19.2 Å². The van der Waals surface area contributed by atoms with Gasteiger partial charge in [0.2, 0.25) is 0 Å². The average Bonchev–Trinajstić information content (AvgIpc) is 3.42. The lowest BCUT2D eigenvalue weighted by molar-refractivity contribution is 0.0519. The highest BCUT2D eigenvalue weighted by Gasteiger charge is 2.24. The highest BCUT2D eigenvalue weighted by atomic mass is 35.5. The smallest absolute Gasteiger partial charge is 0.355 e.